The Labute approximate surface area is 109 Å². The van der Waals surface area contributed by atoms with Gasteiger partial charge in [-0.25, -0.2) is 0 Å². The molecule has 0 saturated heterocycles. The summed E-state index contributed by atoms with van der Waals surface area (Å²) in [5.74, 6) is 0. The first-order chi connectivity index (χ1) is 8.69. The highest BCUT2D eigenvalue weighted by Crippen LogP contribution is 2.36. The van der Waals surface area contributed by atoms with E-state index in [9.17, 15) is 5.11 Å². The number of hydrogen-bond donors (Lipinski definition) is 2. The minimum absolute atomic E-state index is 0.131. The first-order valence-corrected chi connectivity index (χ1v) is 7.04. The average molecular weight is 251 g/mol. The summed E-state index contributed by atoms with van der Waals surface area (Å²) in [7, 11) is 0. The molecule has 0 bridgehead atoms. The van der Waals surface area contributed by atoms with E-state index in [1.807, 2.05) is 11.6 Å². The molecule has 1 fully saturated rings. The topological polar surface area (TPSA) is 50.1 Å². The van der Waals surface area contributed by atoms with Crippen molar-refractivity contribution in [1.82, 2.24) is 15.1 Å². The molecule has 0 aromatic carbocycles. The fraction of sp³-hybridized carbons (Fsp3) is 0.786. The highest BCUT2D eigenvalue weighted by atomic mass is 16.3. The molecule has 102 valence electrons. The summed E-state index contributed by atoms with van der Waals surface area (Å²) in [4.78, 5) is 0. The Hall–Kier alpha value is -0.870. The van der Waals surface area contributed by atoms with Crippen molar-refractivity contribution >= 4 is 0 Å². The summed E-state index contributed by atoms with van der Waals surface area (Å²) in [6, 6.07) is 2.14. The Balaban J connectivity index is 1.87. The number of aryl methyl sites for hydroxylation is 2. The minimum atomic E-state index is 0.131. The average Bonchev–Trinajstić information content (AvgIpc) is 2.97. The van der Waals surface area contributed by atoms with Gasteiger partial charge < -0.3 is 10.4 Å². The Morgan fingerprint density at radius 3 is 2.78 bits per heavy atom. The maximum absolute atomic E-state index is 9.56. The molecule has 1 aliphatic carbocycles. The standard InChI is InChI=1S/C14H25N3O/c1-3-17-13(8-12(2)16-17)9-15-10-14(11-18)6-4-5-7-14/h8,15,18H,3-7,9-11H2,1-2H3. The lowest BCUT2D eigenvalue weighted by Gasteiger charge is -2.26. The van der Waals surface area contributed by atoms with Crippen LogP contribution in [0.5, 0.6) is 0 Å². The number of aliphatic hydroxyl groups excluding tert-OH is 1. The lowest BCUT2D eigenvalue weighted by molar-refractivity contribution is 0.128. The largest absolute Gasteiger partial charge is 0.396 e. The van der Waals surface area contributed by atoms with E-state index in [2.05, 4.69) is 23.4 Å². The van der Waals surface area contributed by atoms with E-state index >= 15 is 0 Å². The minimum Gasteiger partial charge on any atom is -0.396 e. The number of rotatable bonds is 6. The van der Waals surface area contributed by atoms with Crippen LogP contribution in [-0.4, -0.2) is 28.0 Å². The molecule has 4 heteroatoms. The molecule has 0 spiro atoms. The highest BCUT2D eigenvalue weighted by Gasteiger charge is 2.32. The quantitative estimate of drug-likeness (QED) is 0.811. The zero-order chi connectivity index (χ0) is 13.0. The molecule has 0 radical (unpaired) electrons. The van der Waals surface area contributed by atoms with Gasteiger partial charge in [0, 0.05) is 31.7 Å². The molecular weight excluding hydrogens is 226 g/mol. The molecule has 18 heavy (non-hydrogen) atoms. The van der Waals surface area contributed by atoms with Crippen LogP contribution in [0.3, 0.4) is 0 Å². The molecule has 1 aromatic rings. The zero-order valence-electron chi connectivity index (χ0n) is 11.6. The van der Waals surface area contributed by atoms with Crippen molar-refractivity contribution in [3.05, 3.63) is 17.5 Å². The monoisotopic (exact) mass is 251 g/mol. The molecule has 1 aromatic heterocycles. The maximum Gasteiger partial charge on any atom is 0.0597 e. The van der Waals surface area contributed by atoms with Gasteiger partial charge >= 0.3 is 0 Å². The smallest absolute Gasteiger partial charge is 0.0597 e. The number of aliphatic hydroxyl groups is 1. The molecule has 0 amide bonds. The predicted molar refractivity (Wildman–Crippen MR) is 72.3 cm³/mol. The van der Waals surface area contributed by atoms with Crippen molar-refractivity contribution in [3.63, 3.8) is 0 Å². The third kappa shape index (κ3) is 2.93. The Bertz CT molecular complexity index is 380. The van der Waals surface area contributed by atoms with E-state index < -0.39 is 0 Å². The first-order valence-electron chi connectivity index (χ1n) is 7.04. The zero-order valence-corrected chi connectivity index (χ0v) is 11.6. The van der Waals surface area contributed by atoms with Crippen LogP contribution in [0.4, 0.5) is 0 Å². The van der Waals surface area contributed by atoms with Gasteiger partial charge in [0.2, 0.25) is 0 Å². The van der Waals surface area contributed by atoms with Gasteiger partial charge in [-0.05, 0) is 32.8 Å². The molecule has 1 saturated carbocycles. The Kier molecular flexibility index (Phi) is 4.40. The molecular formula is C14H25N3O. The van der Waals surface area contributed by atoms with Crippen molar-refractivity contribution in [1.29, 1.82) is 0 Å². The number of hydrogen-bond acceptors (Lipinski definition) is 3. The molecule has 0 unspecified atom stereocenters. The Morgan fingerprint density at radius 1 is 1.44 bits per heavy atom. The van der Waals surface area contributed by atoms with Crippen LogP contribution in [0.25, 0.3) is 0 Å². The lowest BCUT2D eigenvalue weighted by atomic mass is 9.87. The second-order valence-electron chi connectivity index (χ2n) is 5.56. The van der Waals surface area contributed by atoms with Gasteiger partial charge in [0.1, 0.15) is 0 Å². The van der Waals surface area contributed by atoms with Gasteiger partial charge in [0.15, 0.2) is 0 Å². The molecule has 1 heterocycles. The van der Waals surface area contributed by atoms with Crippen molar-refractivity contribution in [2.24, 2.45) is 5.41 Å². The third-order valence-corrected chi connectivity index (χ3v) is 4.09. The van der Waals surface area contributed by atoms with Gasteiger partial charge in [-0.3, -0.25) is 4.68 Å². The number of aromatic nitrogens is 2. The van der Waals surface area contributed by atoms with Crippen molar-refractivity contribution in [3.8, 4) is 0 Å². The Morgan fingerprint density at radius 2 is 2.17 bits per heavy atom. The second kappa shape index (κ2) is 5.85. The normalized spacial score (nSPS) is 18.4. The molecule has 2 N–H and O–H groups in total. The second-order valence-corrected chi connectivity index (χ2v) is 5.56. The van der Waals surface area contributed by atoms with Crippen molar-refractivity contribution < 1.29 is 5.11 Å². The summed E-state index contributed by atoms with van der Waals surface area (Å²) >= 11 is 0. The molecule has 0 atom stereocenters. The van der Waals surface area contributed by atoms with E-state index in [0.717, 1.165) is 38.2 Å². The lowest BCUT2D eigenvalue weighted by Crippen LogP contribution is -2.35. The number of nitrogens with zero attached hydrogens (tertiary/aromatic N) is 2. The fourth-order valence-electron chi connectivity index (χ4n) is 2.99. The highest BCUT2D eigenvalue weighted by molar-refractivity contribution is 5.08. The van der Waals surface area contributed by atoms with E-state index in [0.29, 0.717) is 6.61 Å². The summed E-state index contributed by atoms with van der Waals surface area (Å²) in [5.41, 5.74) is 2.44. The van der Waals surface area contributed by atoms with Crippen LogP contribution < -0.4 is 5.32 Å². The van der Waals surface area contributed by atoms with Crippen molar-refractivity contribution in [2.45, 2.75) is 52.6 Å². The van der Waals surface area contributed by atoms with E-state index in [1.54, 1.807) is 0 Å². The summed E-state index contributed by atoms with van der Waals surface area (Å²) in [6.07, 6.45) is 4.83. The number of nitrogens with one attached hydrogen (secondary N) is 1. The van der Waals surface area contributed by atoms with Gasteiger partial charge in [-0.15, -0.1) is 0 Å². The van der Waals surface area contributed by atoms with E-state index in [-0.39, 0.29) is 5.41 Å². The van der Waals surface area contributed by atoms with Crippen LogP contribution in [0, 0.1) is 12.3 Å². The van der Waals surface area contributed by atoms with E-state index in [4.69, 9.17) is 0 Å². The third-order valence-electron chi connectivity index (χ3n) is 4.09. The van der Waals surface area contributed by atoms with Crippen LogP contribution >= 0.6 is 0 Å². The van der Waals surface area contributed by atoms with E-state index in [1.165, 1.54) is 18.5 Å². The summed E-state index contributed by atoms with van der Waals surface area (Å²) in [6.45, 7) is 7.12. The van der Waals surface area contributed by atoms with Crippen LogP contribution in [0.15, 0.2) is 6.07 Å². The summed E-state index contributed by atoms with van der Waals surface area (Å²) in [5, 5.41) is 17.5. The van der Waals surface area contributed by atoms with Crippen LogP contribution in [0.1, 0.15) is 44.0 Å². The van der Waals surface area contributed by atoms with Gasteiger partial charge in [-0.2, -0.15) is 5.10 Å². The predicted octanol–water partition coefficient (Wildman–Crippen LogP) is 1.85. The summed E-state index contributed by atoms with van der Waals surface area (Å²) < 4.78 is 2.04. The molecule has 4 nitrogen and oxygen atoms in total. The van der Waals surface area contributed by atoms with Gasteiger partial charge in [0.25, 0.3) is 0 Å². The van der Waals surface area contributed by atoms with Gasteiger partial charge in [-0.1, -0.05) is 12.8 Å². The maximum atomic E-state index is 9.56. The molecule has 0 aliphatic heterocycles. The fourth-order valence-corrected chi connectivity index (χ4v) is 2.99. The molecule has 2 rings (SSSR count). The van der Waals surface area contributed by atoms with Crippen LogP contribution in [-0.2, 0) is 13.1 Å². The van der Waals surface area contributed by atoms with Crippen molar-refractivity contribution in [2.75, 3.05) is 13.2 Å². The van der Waals surface area contributed by atoms with Gasteiger partial charge in [0.05, 0.1) is 11.4 Å². The SMILES string of the molecule is CCn1nc(C)cc1CNCC1(CO)CCCC1. The first kappa shape index (κ1) is 13.6. The molecule has 1 aliphatic rings. The van der Waals surface area contributed by atoms with Crippen LogP contribution in [0.2, 0.25) is 0 Å².